The molecule has 3 heteroatoms. The molecule has 0 bridgehead atoms. The Morgan fingerprint density at radius 1 is 0.667 bits per heavy atom. The standard InChI is InChI=1S/C21H34O2.K/c22-21(23)19-15-10-8-6-4-2-1-3-5-7-9-12-16-20-17-13-11-14-18-20;/h11,13-14,17-18H,1-10,12,15-16,19H2,(H,22,23);/q;+1/p-1. The second-order valence-corrected chi connectivity index (χ2v) is 6.60. The van der Waals surface area contributed by atoms with Gasteiger partial charge in [-0.05, 0) is 31.2 Å². The molecule has 0 amide bonds. The van der Waals surface area contributed by atoms with E-state index in [9.17, 15) is 9.90 Å². The van der Waals surface area contributed by atoms with Gasteiger partial charge in [-0.3, -0.25) is 0 Å². The van der Waals surface area contributed by atoms with Crippen molar-refractivity contribution >= 4 is 5.97 Å². The van der Waals surface area contributed by atoms with Crippen LogP contribution < -0.4 is 56.5 Å². The molecule has 0 fully saturated rings. The number of aliphatic carboxylic acids is 1. The van der Waals surface area contributed by atoms with Crippen LogP contribution in [0.5, 0.6) is 0 Å². The first-order valence-electron chi connectivity index (χ1n) is 9.53. The van der Waals surface area contributed by atoms with Gasteiger partial charge < -0.3 is 9.90 Å². The second kappa shape index (κ2) is 18.1. The monoisotopic (exact) mass is 356 g/mol. The molecule has 0 saturated heterocycles. The molecule has 0 heterocycles. The molecule has 0 saturated carbocycles. The van der Waals surface area contributed by atoms with E-state index in [1.165, 1.54) is 76.2 Å². The van der Waals surface area contributed by atoms with E-state index in [1.807, 2.05) is 0 Å². The van der Waals surface area contributed by atoms with E-state index in [0.717, 1.165) is 12.8 Å². The summed E-state index contributed by atoms with van der Waals surface area (Å²) >= 11 is 0. The predicted octanol–water partition coefficient (Wildman–Crippen LogP) is 2.05. The molecule has 0 radical (unpaired) electrons. The maximum atomic E-state index is 10.3. The van der Waals surface area contributed by atoms with Gasteiger partial charge in [0.1, 0.15) is 0 Å². The Morgan fingerprint density at radius 3 is 1.54 bits per heavy atom. The Hall–Kier alpha value is 0.326. The number of unbranched alkanes of at least 4 members (excludes halogenated alkanes) is 11. The zero-order valence-electron chi connectivity index (χ0n) is 15.6. The average Bonchev–Trinajstić information content (AvgIpc) is 2.56. The SMILES string of the molecule is O=C([O-])CCCCCCCCCCCCCCc1ccccc1.[K+]. The van der Waals surface area contributed by atoms with Crippen molar-refractivity contribution in [2.24, 2.45) is 0 Å². The van der Waals surface area contributed by atoms with Crippen molar-refractivity contribution < 1.29 is 61.3 Å². The van der Waals surface area contributed by atoms with Gasteiger partial charge in [0.2, 0.25) is 0 Å². The minimum atomic E-state index is -0.909. The van der Waals surface area contributed by atoms with E-state index in [0.29, 0.717) is 0 Å². The molecule has 0 atom stereocenters. The second-order valence-electron chi connectivity index (χ2n) is 6.60. The summed E-state index contributed by atoms with van der Waals surface area (Å²) in [7, 11) is 0. The molecule has 2 nitrogen and oxygen atoms in total. The number of hydrogen-bond donors (Lipinski definition) is 0. The largest absolute Gasteiger partial charge is 1.00 e. The molecule has 1 aromatic rings. The van der Waals surface area contributed by atoms with Crippen LogP contribution in [0.2, 0.25) is 0 Å². The van der Waals surface area contributed by atoms with Crippen LogP contribution in [-0.4, -0.2) is 5.97 Å². The molecular formula is C21H33KO2. The summed E-state index contributed by atoms with van der Waals surface area (Å²) < 4.78 is 0. The smallest absolute Gasteiger partial charge is 0.550 e. The van der Waals surface area contributed by atoms with Crippen molar-refractivity contribution in [1.82, 2.24) is 0 Å². The van der Waals surface area contributed by atoms with Crippen molar-refractivity contribution in [1.29, 1.82) is 0 Å². The van der Waals surface area contributed by atoms with Crippen molar-refractivity contribution in [2.75, 3.05) is 0 Å². The Kier molecular flexibility index (Phi) is 18.4. The minimum Gasteiger partial charge on any atom is -0.550 e. The van der Waals surface area contributed by atoms with E-state index >= 15 is 0 Å². The van der Waals surface area contributed by atoms with Crippen molar-refractivity contribution in [3.05, 3.63) is 35.9 Å². The van der Waals surface area contributed by atoms with Crippen molar-refractivity contribution in [3.8, 4) is 0 Å². The Labute approximate surface area is 191 Å². The summed E-state index contributed by atoms with van der Waals surface area (Å²) in [4.78, 5) is 10.3. The van der Waals surface area contributed by atoms with E-state index in [2.05, 4.69) is 30.3 Å². The average molecular weight is 357 g/mol. The third-order valence-corrected chi connectivity index (χ3v) is 4.44. The third kappa shape index (κ3) is 15.8. The quantitative estimate of drug-likeness (QED) is 0.356. The van der Waals surface area contributed by atoms with Gasteiger partial charge in [-0.1, -0.05) is 94.5 Å². The summed E-state index contributed by atoms with van der Waals surface area (Å²) in [5, 5.41) is 10.3. The topological polar surface area (TPSA) is 40.1 Å². The summed E-state index contributed by atoms with van der Waals surface area (Å²) in [5.41, 5.74) is 1.46. The van der Waals surface area contributed by atoms with Gasteiger partial charge in [-0.25, -0.2) is 0 Å². The van der Waals surface area contributed by atoms with E-state index in [-0.39, 0.29) is 57.8 Å². The van der Waals surface area contributed by atoms with Gasteiger partial charge in [-0.15, -0.1) is 0 Å². The third-order valence-electron chi connectivity index (χ3n) is 4.44. The molecule has 1 aromatic carbocycles. The van der Waals surface area contributed by atoms with E-state index in [1.54, 1.807) is 0 Å². The maximum Gasteiger partial charge on any atom is 1.00 e. The fourth-order valence-electron chi connectivity index (χ4n) is 3.01. The van der Waals surface area contributed by atoms with Gasteiger partial charge >= 0.3 is 51.4 Å². The molecule has 130 valence electrons. The van der Waals surface area contributed by atoms with Crippen LogP contribution in [0.1, 0.15) is 89.0 Å². The molecule has 1 rings (SSSR count). The van der Waals surface area contributed by atoms with Crippen LogP contribution in [0.3, 0.4) is 0 Å². The first-order valence-corrected chi connectivity index (χ1v) is 9.53. The number of rotatable bonds is 15. The number of hydrogen-bond acceptors (Lipinski definition) is 2. The zero-order valence-corrected chi connectivity index (χ0v) is 18.7. The maximum absolute atomic E-state index is 10.3. The van der Waals surface area contributed by atoms with Crippen LogP contribution in [-0.2, 0) is 11.2 Å². The Bertz CT molecular complexity index is 392. The summed E-state index contributed by atoms with van der Waals surface area (Å²) in [6.07, 6.45) is 16.5. The fourth-order valence-corrected chi connectivity index (χ4v) is 3.01. The number of carbonyl (C=O) groups is 1. The molecule has 0 aliphatic heterocycles. The molecule has 0 aliphatic rings. The van der Waals surface area contributed by atoms with Gasteiger partial charge in [0.15, 0.2) is 0 Å². The zero-order chi connectivity index (χ0) is 16.6. The van der Waals surface area contributed by atoms with Crippen LogP contribution >= 0.6 is 0 Å². The van der Waals surface area contributed by atoms with Crippen LogP contribution in [0.15, 0.2) is 30.3 Å². The Balaban J connectivity index is 0.00000529. The first-order chi connectivity index (χ1) is 11.3. The fraction of sp³-hybridized carbons (Fsp3) is 0.667. The van der Waals surface area contributed by atoms with Crippen molar-refractivity contribution in [3.63, 3.8) is 0 Å². The first kappa shape index (κ1) is 24.3. The van der Waals surface area contributed by atoms with Gasteiger partial charge in [0.25, 0.3) is 0 Å². The molecule has 0 spiro atoms. The number of benzene rings is 1. The Morgan fingerprint density at radius 2 is 1.08 bits per heavy atom. The van der Waals surface area contributed by atoms with E-state index < -0.39 is 5.97 Å². The molecule has 24 heavy (non-hydrogen) atoms. The van der Waals surface area contributed by atoms with Gasteiger partial charge in [-0.2, -0.15) is 0 Å². The normalized spacial score (nSPS) is 10.3. The summed E-state index contributed by atoms with van der Waals surface area (Å²) in [6.45, 7) is 0. The van der Waals surface area contributed by atoms with Gasteiger partial charge in [0, 0.05) is 5.97 Å². The number of aryl methyl sites for hydroxylation is 1. The summed E-state index contributed by atoms with van der Waals surface area (Å²) in [6, 6.07) is 10.8. The molecule has 0 unspecified atom stereocenters. The minimum absolute atomic E-state index is 0. The summed E-state index contributed by atoms with van der Waals surface area (Å²) in [5.74, 6) is -0.909. The molecule has 0 aliphatic carbocycles. The predicted molar refractivity (Wildman–Crippen MR) is 95.2 cm³/mol. The van der Waals surface area contributed by atoms with E-state index in [4.69, 9.17) is 0 Å². The van der Waals surface area contributed by atoms with Crippen molar-refractivity contribution in [2.45, 2.75) is 89.9 Å². The van der Waals surface area contributed by atoms with Crippen LogP contribution in [0.25, 0.3) is 0 Å². The molecule has 0 N–H and O–H groups in total. The number of carboxylic acids is 1. The van der Waals surface area contributed by atoms with Crippen LogP contribution in [0.4, 0.5) is 0 Å². The number of carboxylic acid groups (broad SMARTS) is 1. The number of carbonyl (C=O) groups excluding carboxylic acids is 1. The molecular weight excluding hydrogens is 323 g/mol. The molecule has 0 aromatic heterocycles. The van der Waals surface area contributed by atoms with Gasteiger partial charge in [0.05, 0.1) is 0 Å². The van der Waals surface area contributed by atoms with Crippen LogP contribution in [0, 0.1) is 0 Å².